The highest BCUT2D eigenvalue weighted by Crippen LogP contribution is 2.19. The Balaban J connectivity index is 2.05. The van der Waals surface area contributed by atoms with E-state index in [1.165, 1.54) is 10.6 Å². The van der Waals surface area contributed by atoms with Gasteiger partial charge in [0.25, 0.3) is 5.56 Å². The first-order valence-electron chi connectivity index (χ1n) is 6.66. The van der Waals surface area contributed by atoms with Gasteiger partial charge in [0, 0.05) is 23.8 Å². The van der Waals surface area contributed by atoms with E-state index in [-0.39, 0.29) is 11.2 Å². The lowest BCUT2D eigenvalue weighted by Crippen LogP contribution is -2.40. The molecule has 1 saturated heterocycles. The minimum absolute atomic E-state index is 0.222. The van der Waals surface area contributed by atoms with Gasteiger partial charge < -0.3 is 9.64 Å². The smallest absolute Gasteiger partial charge is 0.278 e. The molecule has 6 heteroatoms. The molecular weight excluding hydrogens is 339 g/mol. The van der Waals surface area contributed by atoms with Crippen molar-refractivity contribution >= 4 is 21.6 Å². The standard InChI is InChI=1S/C15H14BrFN2O2/c16-11-3-4-13(12(17)10-11)19-5-1-2-14(15(19)20)18-6-8-21-9-7-18/h1-5,10H,6-9H2. The third kappa shape index (κ3) is 2.87. The van der Waals surface area contributed by atoms with Crippen LogP contribution < -0.4 is 10.5 Å². The predicted molar refractivity (Wildman–Crippen MR) is 82.7 cm³/mol. The number of halogens is 2. The molecule has 0 unspecified atom stereocenters. The third-order valence-corrected chi connectivity index (χ3v) is 3.94. The summed E-state index contributed by atoms with van der Waals surface area (Å²) in [4.78, 5) is 14.6. The second-order valence-corrected chi connectivity index (χ2v) is 5.68. The fourth-order valence-corrected chi connectivity index (χ4v) is 2.73. The van der Waals surface area contributed by atoms with Crippen LogP contribution in [0.3, 0.4) is 0 Å². The van der Waals surface area contributed by atoms with E-state index in [1.807, 2.05) is 4.90 Å². The van der Waals surface area contributed by atoms with Crippen molar-refractivity contribution < 1.29 is 9.13 Å². The van der Waals surface area contributed by atoms with Crippen LogP contribution >= 0.6 is 15.9 Å². The minimum atomic E-state index is -0.439. The Bertz CT molecular complexity index is 711. The molecule has 3 rings (SSSR count). The van der Waals surface area contributed by atoms with E-state index in [0.29, 0.717) is 36.5 Å². The summed E-state index contributed by atoms with van der Waals surface area (Å²) < 4.78 is 21.3. The van der Waals surface area contributed by atoms with E-state index in [9.17, 15) is 9.18 Å². The average molecular weight is 353 g/mol. The number of benzene rings is 1. The zero-order valence-electron chi connectivity index (χ0n) is 11.3. The minimum Gasteiger partial charge on any atom is -0.378 e. The molecule has 1 aromatic carbocycles. The Morgan fingerprint density at radius 2 is 1.90 bits per heavy atom. The fourth-order valence-electron chi connectivity index (χ4n) is 2.39. The highest BCUT2D eigenvalue weighted by molar-refractivity contribution is 9.10. The van der Waals surface area contributed by atoms with Gasteiger partial charge in [0.2, 0.25) is 0 Å². The fraction of sp³-hybridized carbons (Fsp3) is 0.267. The first kappa shape index (κ1) is 14.3. The molecule has 4 nitrogen and oxygen atoms in total. The van der Waals surface area contributed by atoms with Crippen molar-refractivity contribution in [2.75, 3.05) is 31.2 Å². The molecule has 2 heterocycles. The van der Waals surface area contributed by atoms with Gasteiger partial charge in [-0.2, -0.15) is 0 Å². The lowest BCUT2D eigenvalue weighted by atomic mass is 10.2. The monoisotopic (exact) mass is 352 g/mol. The second kappa shape index (κ2) is 5.99. The van der Waals surface area contributed by atoms with Crippen molar-refractivity contribution in [2.24, 2.45) is 0 Å². The Hall–Kier alpha value is -1.66. The van der Waals surface area contributed by atoms with Gasteiger partial charge in [-0.3, -0.25) is 9.36 Å². The number of pyridine rings is 1. The first-order chi connectivity index (χ1) is 10.2. The largest absolute Gasteiger partial charge is 0.378 e. The second-order valence-electron chi connectivity index (χ2n) is 4.76. The van der Waals surface area contributed by atoms with Gasteiger partial charge >= 0.3 is 0 Å². The lowest BCUT2D eigenvalue weighted by Gasteiger charge is -2.28. The molecule has 1 aromatic heterocycles. The molecule has 0 bridgehead atoms. The molecule has 0 atom stereocenters. The maximum Gasteiger partial charge on any atom is 0.278 e. The van der Waals surface area contributed by atoms with Crippen molar-refractivity contribution in [1.29, 1.82) is 0 Å². The van der Waals surface area contributed by atoms with Gasteiger partial charge in [0.1, 0.15) is 11.5 Å². The Morgan fingerprint density at radius 1 is 1.14 bits per heavy atom. The maximum absolute atomic E-state index is 14.1. The predicted octanol–water partition coefficient (Wildman–Crippen LogP) is 2.58. The van der Waals surface area contributed by atoms with Crippen molar-refractivity contribution in [3.8, 4) is 5.69 Å². The van der Waals surface area contributed by atoms with Crippen LogP contribution in [0.15, 0.2) is 45.8 Å². The molecular formula is C15H14BrFN2O2. The molecule has 1 fully saturated rings. The Morgan fingerprint density at radius 3 is 2.62 bits per heavy atom. The van der Waals surface area contributed by atoms with E-state index in [2.05, 4.69) is 15.9 Å². The molecule has 0 radical (unpaired) electrons. The molecule has 0 aliphatic carbocycles. The van der Waals surface area contributed by atoms with Crippen LogP contribution in [-0.2, 0) is 4.74 Å². The normalized spacial score (nSPS) is 15.2. The molecule has 0 N–H and O–H groups in total. The molecule has 0 saturated carbocycles. The van der Waals surface area contributed by atoms with Gasteiger partial charge in [-0.1, -0.05) is 15.9 Å². The van der Waals surface area contributed by atoms with Crippen molar-refractivity contribution in [2.45, 2.75) is 0 Å². The number of hydrogen-bond donors (Lipinski definition) is 0. The summed E-state index contributed by atoms with van der Waals surface area (Å²) in [6.07, 6.45) is 1.58. The van der Waals surface area contributed by atoms with E-state index >= 15 is 0 Å². The summed E-state index contributed by atoms with van der Waals surface area (Å²) in [6, 6.07) is 8.17. The van der Waals surface area contributed by atoms with Crippen LogP contribution in [-0.4, -0.2) is 30.9 Å². The first-order valence-corrected chi connectivity index (χ1v) is 7.46. The zero-order valence-corrected chi connectivity index (χ0v) is 12.8. The van der Waals surface area contributed by atoms with Gasteiger partial charge in [0.15, 0.2) is 0 Å². The third-order valence-electron chi connectivity index (χ3n) is 3.45. The van der Waals surface area contributed by atoms with Crippen molar-refractivity contribution in [1.82, 2.24) is 4.57 Å². The average Bonchev–Trinajstić information content (AvgIpc) is 2.49. The molecule has 110 valence electrons. The van der Waals surface area contributed by atoms with Gasteiger partial charge in [-0.15, -0.1) is 0 Å². The van der Waals surface area contributed by atoms with E-state index in [1.54, 1.807) is 30.5 Å². The quantitative estimate of drug-likeness (QED) is 0.833. The number of rotatable bonds is 2. The molecule has 0 spiro atoms. The molecule has 0 amide bonds. The molecule has 1 aliphatic heterocycles. The Kier molecular flexibility index (Phi) is 4.07. The lowest BCUT2D eigenvalue weighted by molar-refractivity contribution is 0.122. The maximum atomic E-state index is 14.1. The summed E-state index contributed by atoms with van der Waals surface area (Å²) in [7, 11) is 0. The molecule has 1 aliphatic rings. The number of morpholine rings is 1. The highest BCUT2D eigenvalue weighted by Gasteiger charge is 2.16. The highest BCUT2D eigenvalue weighted by atomic mass is 79.9. The number of ether oxygens (including phenoxy) is 1. The summed E-state index contributed by atoms with van der Waals surface area (Å²) in [6.45, 7) is 2.53. The number of aromatic nitrogens is 1. The van der Waals surface area contributed by atoms with Crippen LogP contribution in [0.1, 0.15) is 0 Å². The van der Waals surface area contributed by atoms with Crippen LogP contribution in [0, 0.1) is 5.82 Å². The SMILES string of the molecule is O=c1c(N2CCOCC2)cccn1-c1ccc(Br)cc1F. The molecule has 21 heavy (non-hydrogen) atoms. The number of hydrogen-bond acceptors (Lipinski definition) is 3. The van der Waals surface area contributed by atoms with Crippen LogP contribution in [0.2, 0.25) is 0 Å². The van der Waals surface area contributed by atoms with Crippen molar-refractivity contribution in [3.63, 3.8) is 0 Å². The van der Waals surface area contributed by atoms with Gasteiger partial charge in [0.05, 0.1) is 18.9 Å². The summed E-state index contributed by atoms with van der Waals surface area (Å²) in [5.41, 5.74) is 0.599. The zero-order chi connectivity index (χ0) is 14.8. The van der Waals surface area contributed by atoms with E-state index in [0.717, 1.165) is 0 Å². The summed E-state index contributed by atoms with van der Waals surface area (Å²) in [5, 5.41) is 0. The van der Waals surface area contributed by atoms with E-state index in [4.69, 9.17) is 4.74 Å². The number of nitrogens with zero attached hydrogens (tertiary/aromatic N) is 2. The van der Waals surface area contributed by atoms with Gasteiger partial charge in [-0.05, 0) is 30.3 Å². The van der Waals surface area contributed by atoms with Crippen molar-refractivity contribution in [3.05, 3.63) is 57.2 Å². The van der Waals surface area contributed by atoms with Crippen LogP contribution in [0.4, 0.5) is 10.1 Å². The topological polar surface area (TPSA) is 34.5 Å². The summed E-state index contributed by atoms with van der Waals surface area (Å²) in [5.74, 6) is -0.439. The van der Waals surface area contributed by atoms with Gasteiger partial charge in [-0.25, -0.2) is 4.39 Å². The van der Waals surface area contributed by atoms with Crippen LogP contribution in [0.25, 0.3) is 5.69 Å². The number of anilines is 1. The van der Waals surface area contributed by atoms with Crippen LogP contribution in [0.5, 0.6) is 0 Å². The van der Waals surface area contributed by atoms with E-state index < -0.39 is 5.82 Å². The Labute approximate surface area is 129 Å². The summed E-state index contributed by atoms with van der Waals surface area (Å²) >= 11 is 3.21. The molecule has 2 aromatic rings.